The average molecular weight is 387 g/mol. The largest absolute Gasteiger partial charge is 0.312 e. The van der Waals surface area contributed by atoms with Crippen molar-refractivity contribution in [2.75, 3.05) is 31.3 Å². The van der Waals surface area contributed by atoms with E-state index in [1.165, 1.54) is 11.8 Å². The molecule has 0 spiro atoms. The predicted octanol–water partition coefficient (Wildman–Crippen LogP) is 3.06. The van der Waals surface area contributed by atoms with Gasteiger partial charge in [0.25, 0.3) is 0 Å². The van der Waals surface area contributed by atoms with E-state index in [-0.39, 0.29) is 11.9 Å². The minimum absolute atomic E-state index is 0.0947. The number of carbonyl (C=O) groups excluding carboxylic acids is 1. The number of hydrogen-bond donors (Lipinski definition) is 0. The van der Waals surface area contributed by atoms with Crippen LogP contribution in [0, 0.1) is 0 Å². The van der Waals surface area contributed by atoms with E-state index in [4.69, 9.17) is 0 Å². The highest BCUT2D eigenvalue weighted by atomic mass is 32.2. The first-order chi connectivity index (χ1) is 12.8. The lowest BCUT2D eigenvalue weighted by Crippen LogP contribution is -2.33. The van der Waals surface area contributed by atoms with Gasteiger partial charge in [-0.05, 0) is 49.7 Å². The highest BCUT2D eigenvalue weighted by Gasteiger charge is 2.24. The minimum Gasteiger partial charge on any atom is -0.312 e. The minimum atomic E-state index is -3.18. The summed E-state index contributed by atoms with van der Waals surface area (Å²) >= 11 is 0. The second-order valence-electron chi connectivity index (χ2n) is 7.17. The lowest BCUT2D eigenvalue weighted by Gasteiger charge is -2.26. The zero-order chi connectivity index (χ0) is 19.6. The van der Waals surface area contributed by atoms with E-state index in [2.05, 4.69) is 17.9 Å². The molecule has 144 valence electrons. The Bertz CT molecular complexity index is 923. The SMILES string of the molecule is C[C@H](c1ccc(S(C)(=O)=O)cc1)N(C)CCC(=O)N1CCc2ccccc21. The molecule has 6 heteroatoms. The predicted molar refractivity (Wildman–Crippen MR) is 108 cm³/mol. The van der Waals surface area contributed by atoms with Gasteiger partial charge in [-0.1, -0.05) is 30.3 Å². The molecule has 0 saturated heterocycles. The van der Waals surface area contributed by atoms with Gasteiger partial charge in [0.1, 0.15) is 0 Å². The van der Waals surface area contributed by atoms with Crippen LogP contribution in [0.5, 0.6) is 0 Å². The molecule has 0 N–H and O–H groups in total. The van der Waals surface area contributed by atoms with Crippen molar-refractivity contribution in [2.24, 2.45) is 0 Å². The third-order valence-electron chi connectivity index (χ3n) is 5.32. The van der Waals surface area contributed by atoms with Crippen molar-refractivity contribution in [1.82, 2.24) is 4.90 Å². The summed E-state index contributed by atoms with van der Waals surface area (Å²) in [5.74, 6) is 0.145. The maximum atomic E-state index is 12.7. The van der Waals surface area contributed by atoms with Gasteiger partial charge in [0, 0.05) is 37.5 Å². The van der Waals surface area contributed by atoms with Gasteiger partial charge in [-0.25, -0.2) is 8.42 Å². The van der Waals surface area contributed by atoms with Crippen molar-refractivity contribution < 1.29 is 13.2 Å². The lowest BCUT2D eigenvalue weighted by atomic mass is 10.1. The molecule has 0 unspecified atom stereocenters. The Morgan fingerprint density at radius 3 is 2.48 bits per heavy atom. The molecule has 0 radical (unpaired) electrons. The highest BCUT2D eigenvalue weighted by molar-refractivity contribution is 7.90. The Hall–Kier alpha value is -2.18. The fourth-order valence-corrected chi connectivity index (χ4v) is 4.08. The van der Waals surface area contributed by atoms with Crippen LogP contribution in [-0.4, -0.2) is 45.6 Å². The molecule has 1 aliphatic heterocycles. The zero-order valence-electron chi connectivity index (χ0n) is 16.1. The van der Waals surface area contributed by atoms with E-state index >= 15 is 0 Å². The van der Waals surface area contributed by atoms with Crippen molar-refractivity contribution in [3.05, 3.63) is 59.7 Å². The Kier molecular flexibility index (Phi) is 5.67. The third-order valence-corrected chi connectivity index (χ3v) is 6.45. The van der Waals surface area contributed by atoms with E-state index < -0.39 is 9.84 Å². The van der Waals surface area contributed by atoms with Gasteiger partial charge >= 0.3 is 0 Å². The van der Waals surface area contributed by atoms with Gasteiger partial charge in [0.05, 0.1) is 4.90 Å². The van der Waals surface area contributed by atoms with Gasteiger partial charge in [0.15, 0.2) is 9.84 Å². The fraction of sp³-hybridized carbons (Fsp3) is 0.381. The molecule has 5 nitrogen and oxygen atoms in total. The number of para-hydroxylation sites is 1. The quantitative estimate of drug-likeness (QED) is 0.766. The van der Waals surface area contributed by atoms with Gasteiger partial charge in [-0.3, -0.25) is 9.69 Å². The van der Waals surface area contributed by atoms with E-state index in [0.717, 1.165) is 24.2 Å². The van der Waals surface area contributed by atoms with E-state index in [1.54, 1.807) is 12.1 Å². The first kappa shape index (κ1) is 19.6. The summed E-state index contributed by atoms with van der Waals surface area (Å²) in [5, 5.41) is 0. The summed E-state index contributed by atoms with van der Waals surface area (Å²) in [7, 11) is -1.20. The average Bonchev–Trinajstić information content (AvgIpc) is 3.09. The topological polar surface area (TPSA) is 57.7 Å². The van der Waals surface area contributed by atoms with Crippen LogP contribution in [0.25, 0.3) is 0 Å². The molecule has 0 saturated carbocycles. The van der Waals surface area contributed by atoms with Gasteiger partial charge in [-0.2, -0.15) is 0 Å². The Morgan fingerprint density at radius 2 is 1.81 bits per heavy atom. The molecular formula is C21H26N2O3S. The third kappa shape index (κ3) is 4.39. The number of benzene rings is 2. The van der Waals surface area contributed by atoms with Crippen LogP contribution in [0.15, 0.2) is 53.4 Å². The number of fused-ring (bicyclic) bond motifs is 1. The molecule has 0 fully saturated rings. The molecule has 2 aromatic carbocycles. The summed E-state index contributed by atoms with van der Waals surface area (Å²) < 4.78 is 23.2. The molecule has 0 aliphatic carbocycles. The number of hydrogen-bond acceptors (Lipinski definition) is 4. The second kappa shape index (κ2) is 7.82. The number of rotatable bonds is 6. The molecular weight excluding hydrogens is 360 g/mol. The van der Waals surface area contributed by atoms with Gasteiger partial charge < -0.3 is 4.90 Å². The molecule has 3 rings (SSSR count). The molecule has 1 heterocycles. The molecule has 1 amide bonds. The fourth-order valence-electron chi connectivity index (χ4n) is 3.45. The standard InChI is InChI=1S/C21H26N2O3S/c1-16(17-8-10-19(11-9-17)27(3,25)26)22(2)14-13-21(24)23-15-12-18-6-4-5-7-20(18)23/h4-11,16H,12-15H2,1-3H3/t16-/m1/s1. The van der Waals surface area contributed by atoms with Crippen LogP contribution < -0.4 is 4.90 Å². The Balaban J connectivity index is 1.59. The summed E-state index contributed by atoms with van der Waals surface area (Å²) in [5.41, 5.74) is 3.30. The zero-order valence-corrected chi connectivity index (χ0v) is 16.9. The molecule has 1 atom stereocenters. The van der Waals surface area contributed by atoms with Crippen LogP contribution in [0.1, 0.15) is 30.5 Å². The summed E-state index contributed by atoms with van der Waals surface area (Å²) in [6, 6.07) is 15.1. The van der Waals surface area contributed by atoms with E-state index in [9.17, 15) is 13.2 Å². The summed E-state index contributed by atoms with van der Waals surface area (Å²) in [4.78, 5) is 17.0. The Labute approximate surface area is 161 Å². The number of amides is 1. The highest BCUT2D eigenvalue weighted by Crippen LogP contribution is 2.28. The maximum Gasteiger partial charge on any atom is 0.228 e. The number of nitrogens with zero attached hydrogens (tertiary/aromatic N) is 2. The first-order valence-corrected chi connectivity index (χ1v) is 11.0. The van der Waals surface area contributed by atoms with E-state index in [0.29, 0.717) is 17.9 Å². The van der Waals surface area contributed by atoms with Gasteiger partial charge in [-0.15, -0.1) is 0 Å². The second-order valence-corrected chi connectivity index (χ2v) is 9.19. The van der Waals surface area contributed by atoms with Crippen molar-refractivity contribution in [3.63, 3.8) is 0 Å². The smallest absolute Gasteiger partial charge is 0.228 e. The molecule has 1 aliphatic rings. The van der Waals surface area contributed by atoms with Crippen LogP contribution in [0.2, 0.25) is 0 Å². The van der Waals surface area contributed by atoms with Gasteiger partial charge in [0.2, 0.25) is 5.91 Å². The lowest BCUT2D eigenvalue weighted by molar-refractivity contribution is -0.118. The van der Waals surface area contributed by atoms with Crippen LogP contribution in [0.4, 0.5) is 5.69 Å². The monoisotopic (exact) mass is 386 g/mol. The summed E-state index contributed by atoms with van der Waals surface area (Å²) in [6.07, 6.45) is 2.58. The molecule has 2 aromatic rings. The summed E-state index contributed by atoms with van der Waals surface area (Å²) in [6.45, 7) is 3.46. The molecule has 27 heavy (non-hydrogen) atoms. The maximum absolute atomic E-state index is 12.7. The first-order valence-electron chi connectivity index (χ1n) is 9.16. The van der Waals surface area contributed by atoms with Crippen molar-refractivity contribution in [1.29, 1.82) is 0 Å². The van der Waals surface area contributed by atoms with E-state index in [1.807, 2.05) is 42.3 Å². The molecule has 0 aromatic heterocycles. The van der Waals surface area contributed by atoms with Crippen molar-refractivity contribution in [3.8, 4) is 0 Å². The molecule has 0 bridgehead atoms. The number of anilines is 1. The number of sulfone groups is 1. The van der Waals surface area contributed by atoms with Crippen LogP contribution in [0.3, 0.4) is 0 Å². The van der Waals surface area contributed by atoms with Crippen molar-refractivity contribution >= 4 is 21.4 Å². The Morgan fingerprint density at radius 1 is 1.15 bits per heavy atom. The number of carbonyl (C=O) groups is 1. The van der Waals surface area contributed by atoms with Crippen molar-refractivity contribution in [2.45, 2.75) is 30.7 Å². The van der Waals surface area contributed by atoms with Crippen LogP contribution >= 0.6 is 0 Å². The normalized spacial score (nSPS) is 15.0. The van der Waals surface area contributed by atoms with Crippen LogP contribution in [-0.2, 0) is 21.1 Å².